The molecule has 0 radical (unpaired) electrons. The summed E-state index contributed by atoms with van der Waals surface area (Å²) < 4.78 is 0. The molecule has 1 N–H and O–H groups in total. The van der Waals surface area contributed by atoms with Gasteiger partial charge in [0.2, 0.25) is 0 Å². The lowest BCUT2D eigenvalue weighted by Gasteiger charge is -2.26. The zero-order valence-corrected chi connectivity index (χ0v) is 7.34. The molecule has 2 aliphatic rings. The number of aliphatic hydroxyl groups is 1. The lowest BCUT2D eigenvalue weighted by Crippen LogP contribution is -2.24. The average Bonchev–Trinajstić information content (AvgIpc) is 2.43. The van der Waals surface area contributed by atoms with Crippen molar-refractivity contribution in [2.75, 3.05) is 6.61 Å². The summed E-state index contributed by atoms with van der Waals surface area (Å²) in [5.74, 6) is 1.73. The molecule has 0 aliphatic heterocycles. The Hall–Kier alpha value is -0.0400. The predicted octanol–water partition coefficient (Wildman–Crippen LogP) is 2.20. The minimum atomic E-state index is 0.374. The molecule has 11 heavy (non-hydrogen) atoms. The third-order valence-corrected chi connectivity index (χ3v) is 3.85. The monoisotopic (exact) mass is 154 g/mol. The molecule has 0 aromatic rings. The Bertz CT molecular complexity index is 155. The summed E-state index contributed by atoms with van der Waals surface area (Å²) in [7, 11) is 0. The fraction of sp³-hybridized carbons (Fsp3) is 1.00. The zero-order chi connectivity index (χ0) is 7.90. The minimum absolute atomic E-state index is 0.374. The lowest BCUT2D eigenvalue weighted by molar-refractivity contribution is 0.104. The topological polar surface area (TPSA) is 20.2 Å². The van der Waals surface area contributed by atoms with E-state index in [2.05, 4.69) is 6.92 Å². The first-order valence-corrected chi connectivity index (χ1v) is 4.88. The quantitative estimate of drug-likeness (QED) is 0.614. The second kappa shape index (κ2) is 2.48. The normalized spacial score (nSPS) is 49.6. The molecule has 2 fully saturated rings. The van der Waals surface area contributed by atoms with Gasteiger partial charge in [-0.15, -0.1) is 0 Å². The van der Waals surface area contributed by atoms with Gasteiger partial charge >= 0.3 is 0 Å². The van der Waals surface area contributed by atoms with Crippen molar-refractivity contribution in [2.24, 2.45) is 17.3 Å². The summed E-state index contributed by atoms with van der Waals surface area (Å²) in [6.45, 7) is 2.78. The van der Waals surface area contributed by atoms with Gasteiger partial charge in [-0.1, -0.05) is 13.3 Å². The van der Waals surface area contributed by atoms with Crippen LogP contribution >= 0.6 is 0 Å². The fourth-order valence-corrected chi connectivity index (χ4v) is 3.38. The van der Waals surface area contributed by atoms with Gasteiger partial charge in [-0.3, -0.25) is 0 Å². The standard InChI is InChI=1S/C10H18O/c1-8-5-9-3-2-4-10(9,6-8)7-11/h8-9,11H,2-7H2,1H3. The molecule has 0 aromatic carbocycles. The molecule has 1 heteroatoms. The summed E-state index contributed by atoms with van der Waals surface area (Å²) in [6, 6.07) is 0. The molecule has 1 nitrogen and oxygen atoms in total. The number of rotatable bonds is 1. The Morgan fingerprint density at radius 3 is 3.00 bits per heavy atom. The maximum Gasteiger partial charge on any atom is 0.0490 e. The Kier molecular flexibility index (Phi) is 1.71. The van der Waals surface area contributed by atoms with E-state index in [0.29, 0.717) is 12.0 Å². The summed E-state index contributed by atoms with van der Waals surface area (Å²) in [5, 5.41) is 9.34. The van der Waals surface area contributed by atoms with Gasteiger partial charge in [0.25, 0.3) is 0 Å². The van der Waals surface area contributed by atoms with Gasteiger partial charge < -0.3 is 5.11 Å². The summed E-state index contributed by atoms with van der Waals surface area (Å²) in [6.07, 6.45) is 6.69. The fourth-order valence-electron chi connectivity index (χ4n) is 3.38. The van der Waals surface area contributed by atoms with E-state index in [4.69, 9.17) is 0 Å². The highest BCUT2D eigenvalue weighted by molar-refractivity contribution is 4.98. The van der Waals surface area contributed by atoms with E-state index in [1.807, 2.05) is 0 Å². The van der Waals surface area contributed by atoms with Gasteiger partial charge in [0, 0.05) is 6.61 Å². The van der Waals surface area contributed by atoms with Gasteiger partial charge in [-0.05, 0) is 42.9 Å². The van der Waals surface area contributed by atoms with Crippen molar-refractivity contribution < 1.29 is 5.11 Å². The zero-order valence-electron chi connectivity index (χ0n) is 7.34. The Balaban J connectivity index is 2.15. The van der Waals surface area contributed by atoms with Crippen LogP contribution in [0.2, 0.25) is 0 Å². The van der Waals surface area contributed by atoms with Gasteiger partial charge in [-0.2, -0.15) is 0 Å². The van der Waals surface area contributed by atoms with E-state index >= 15 is 0 Å². The van der Waals surface area contributed by atoms with Crippen molar-refractivity contribution in [1.29, 1.82) is 0 Å². The Morgan fingerprint density at radius 2 is 2.36 bits per heavy atom. The van der Waals surface area contributed by atoms with E-state index < -0.39 is 0 Å². The molecular weight excluding hydrogens is 136 g/mol. The molecule has 3 unspecified atom stereocenters. The van der Waals surface area contributed by atoms with Crippen molar-refractivity contribution >= 4 is 0 Å². The number of aliphatic hydroxyl groups excluding tert-OH is 1. The van der Waals surface area contributed by atoms with Crippen LogP contribution in [0, 0.1) is 17.3 Å². The SMILES string of the molecule is CC1CC2CCCC2(CO)C1. The van der Waals surface area contributed by atoms with Crippen LogP contribution in [-0.4, -0.2) is 11.7 Å². The predicted molar refractivity (Wildman–Crippen MR) is 45.3 cm³/mol. The third kappa shape index (κ3) is 1.01. The first kappa shape index (κ1) is 7.60. The summed E-state index contributed by atoms with van der Waals surface area (Å²) in [5.41, 5.74) is 0.374. The van der Waals surface area contributed by atoms with Crippen molar-refractivity contribution in [3.05, 3.63) is 0 Å². The highest BCUT2D eigenvalue weighted by Gasteiger charge is 2.47. The molecule has 0 aromatic heterocycles. The molecule has 2 aliphatic carbocycles. The van der Waals surface area contributed by atoms with E-state index in [1.54, 1.807) is 0 Å². The molecule has 2 rings (SSSR count). The lowest BCUT2D eigenvalue weighted by atomic mass is 9.81. The largest absolute Gasteiger partial charge is 0.396 e. The number of hydrogen-bond donors (Lipinski definition) is 1. The first-order chi connectivity index (χ1) is 5.27. The summed E-state index contributed by atoms with van der Waals surface area (Å²) >= 11 is 0. The van der Waals surface area contributed by atoms with Crippen LogP contribution in [0.4, 0.5) is 0 Å². The maximum absolute atomic E-state index is 9.34. The molecule has 0 bridgehead atoms. The van der Waals surface area contributed by atoms with Crippen molar-refractivity contribution in [1.82, 2.24) is 0 Å². The first-order valence-electron chi connectivity index (χ1n) is 4.88. The van der Waals surface area contributed by atoms with Gasteiger partial charge in [-0.25, -0.2) is 0 Å². The summed E-state index contributed by atoms with van der Waals surface area (Å²) in [4.78, 5) is 0. The van der Waals surface area contributed by atoms with Crippen LogP contribution in [0.5, 0.6) is 0 Å². The second-order valence-corrected chi connectivity index (χ2v) is 4.65. The van der Waals surface area contributed by atoms with Crippen LogP contribution in [0.1, 0.15) is 39.0 Å². The number of hydrogen-bond acceptors (Lipinski definition) is 1. The smallest absolute Gasteiger partial charge is 0.0490 e. The molecule has 0 spiro atoms. The highest BCUT2D eigenvalue weighted by Crippen LogP contribution is 2.55. The van der Waals surface area contributed by atoms with E-state index in [9.17, 15) is 5.11 Å². The van der Waals surface area contributed by atoms with Crippen LogP contribution < -0.4 is 0 Å². The molecule has 3 atom stereocenters. The molecule has 64 valence electrons. The van der Waals surface area contributed by atoms with E-state index in [1.165, 1.54) is 32.1 Å². The van der Waals surface area contributed by atoms with Gasteiger partial charge in [0.15, 0.2) is 0 Å². The molecular formula is C10H18O. The third-order valence-electron chi connectivity index (χ3n) is 3.85. The Labute approximate surface area is 68.8 Å². The molecule has 0 saturated heterocycles. The second-order valence-electron chi connectivity index (χ2n) is 4.65. The van der Waals surface area contributed by atoms with Crippen molar-refractivity contribution in [3.63, 3.8) is 0 Å². The highest BCUT2D eigenvalue weighted by atomic mass is 16.3. The average molecular weight is 154 g/mol. The minimum Gasteiger partial charge on any atom is -0.396 e. The molecule has 2 saturated carbocycles. The van der Waals surface area contributed by atoms with Crippen molar-refractivity contribution in [3.8, 4) is 0 Å². The molecule has 0 heterocycles. The maximum atomic E-state index is 9.34. The van der Waals surface area contributed by atoms with Crippen molar-refractivity contribution in [2.45, 2.75) is 39.0 Å². The van der Waals surface area contributed by atoms with Crippen LogP contribution in [0.15, 0.2) is 0 Å². The number of fused-ring (bicyclic) bond motifs is 1. The van der Waals surface area contributed by atoms with Gasteiger partial charge in [0.1, 0.15) is 0 Å². The van der Waals surface area contributed by atoms with E-state index in [0.717, 1.165) is 11.8 Å². The van der Waals surface area contributed by atoms with Crippen LogP contribution in [-0.2, 0) is 0 Å². The molecule has 0 amide bonds. The van der Waals surface area contributed by atoms with Crippen LogP contribution in [0.3, 0.4) is 0 Å². The van der Waals surface area contributed by atoms with Crippen LogP contribution in [0.25, 0.3) is 0 Å². The Morgan fingerprint density at radius 1 is 1.55 bits per heavy atom. The van der Waals surface area contributed by atoms with Gasteiger partial charge in [0.05, 0.1) is 0 Å². The van der Waals surface area contributed by atoms with E-state index in [-0.39, 0.29) is 0 Å².